The Kier molecular flexibility index (Phi) is 6.68. The Morgan fingerprint density at radius 2 is 2.00 bits per heavy atom. The Labute approximate surface area is 106 Å². The van der Waals surface area contributed by atoms with Crippen LogP contribution >= 0.6 is 0 Å². The number of anilines is 1. The SMILES string of the molecule is CCCCCCCC(C)Nc1cccnc1C. The molecule has 1 atom stereocenters. The lowest BCUT2D eigenvalue weighted by molar-refractivity contribution is 0.578. The van der Waals surface area contributed by atoms with E-state index >= 15 is 0 Å². The molecule has 0 aromatic carbocycles. The van der Waals surface area contributed by atoms with Crippen molar-refractivity contribution in [1.82, 2.24) is 4.98 Å². The van der Waals surface area contributed by atoms with Crippen LogP contribution in [0.15, 0.2) is 18.3 Å². The van der Waals surface area contributed by atoms with Crippen LogP contribution in [0.5, 0.6) is 0 Å². The zero-order chi connectivity index (χ0) is 12.5. The molecule has 0 bridgehead atoms. The molecule has 1 aromatic heterocycles. The molecule has 0 amide bonds. The molecule has 2 heteroatoms. The fraction of sp³-hybridized carbons (Fsp3) is 0.667. The van der Waals surface area contributed by atoms with E-state index in [1.807, 2.05) is 12.3 Å². The van der Waals surface area contributed by atoms with Gasteiger partial charge in [0.1, 0.15) is 0 Å². The van der Waals surface area contributed by atoms with Gasteiger partial charge in [0.05, 0.1) is 11.4 Å². The molecule has 0 saturated heterocycles. The molecular weight excluding hydrogens is 208 g/mol. The fourth-order valence-electron chi connectivity index (χ4n) is 2.03. The van der Waals surface area contributed by atoms with Gasteiger partial charge in [-0.15, -0.1) is 0 Å². The summed E-state index contributed by atoms with van der Waals surface area (Å²) >= 11 is 0. The lowest BCUT2D eigenvalue weighted by atomic mass is 10.1. The molecular formula is C15H26N2. The van der Waals surface area contributed by atoms with Crippen molar-refractivity contribution in [2.45, 2.75) is 65.3 Å². The van der Waals surface area contributed by atoms with E-state index in [0.717, 1.165) is 5.69 Å². The van der Waals surface area contributed by atoms with Crippen LogP contribution < -0.4 is 5.32 Å². The smallest absolute Gasteiger partial charge is 0.0603 e. The van der Waals surface area contributed by atoms with Gasteiger partial charge in [-0.2, -0.15) is 0 Å². The highest BCUT2D eigenvalue weighted by atomic mass is 14.9. The molecule has 1 aromatic rings. The summed E-state index contributed by atoms with van der Waals surface area (Å²) in [6.07, 6.45) is 9.87. The van der Waals surface area contributed by atoms with Crippen LogP contribution in [0.25, 0.3) is 0 Å². The summed E-state index contributed by atoms with van der Waals surface area (Å²) in [5.74, 6) is 0. The van der Waals surface area contributed by atoms with Crippen LogP contribution in [0.1, 0.15) is 58.1 Å². The van der Waals surface area contributed by atoms with E-state index in [1.165, 1.54) is 44.2 Å². The lowest BCUT2D eigenvalue weighted by Crippen LogP contribution is -2.15. The van der Waals surface area contributed by atoms with Crippen molar-refractivity contribution in [3.63, 3.8) is 0 Å². The Morgan fingerprint density at radius 1 is 1.24 bits per heavy atom. The largest absolute Gasteiger partial charge is 0.381 e. The molecule has 96 valence electrons. The minimum absolute atomic E-state index is 0.541. The van der Waals surface area contributed by atoms with Gasteiger partial charge in [0, 0.05) is 12.2 Å². The third-order valence-corrected chi connectivity index (χ3v) is 3.15. The van der Waals surface area contributed by atoms with Crippen molar-refractivity contribution >= 4 is 5.69 Å². The first-order valence-corrected chi connectivity index (χ1v) is 6.92. The second-order valence-electron chi connectivity index (χ2n) is 4.88. The van der Waals surface area contributed by atoms with Crippen molar-refractivity contribution in [3.05, 3.63) is 24.0 Å². The summed E-state index contributed by atoms with van der Waals surface area (Å²) in [4.78, 5) is 4.29. The molecule has 1 unspecified atom stereocenters. The number of aromatic nitrogens is 1. The fourth-order valence-corrected chi connectivity index (χ4v) is 2.03. The molecule has 0 saturated carbocycles. The Morgan fingerprint density at radius 3 is 2.71 bits per heavy atom. The zero-order valence-corrected chi connectivity index (χ0v) is 11.5. The minimum atomic E-state index is 0.541. The average Bonchev–Trinajstić information content (AvgIpc) is 2.32. The highest BCUT2D eigenvalue weighted by Gasteiger charge is 2.03. The second kappa shape index (κ2) is 8.10. The van der Waals surface area contributed by atoms with E-state index in [-0.39, 0.29) is 0 Å². The maximum atomic E-state index is 4.29. The Bertz CT molecular complexity index is 310. The predicted molar refractivity (Wildman–Crippen MR) is 75.4 cm³/mol. The van der Waals surface area contributed by atoms with Crippen LogP contribution in [-0.2, 0) is 0 Å². The predicted octanol–water partition coefficient (Wildman–Crippen LogP) is 4.55. The van der Waals surface area contributed by atoms with Crippen molar-refractivity contribution < 1.29 is 0 Å². The normalized spacial score (nSPS) is 12.4. The summed E-state index contributed by atoms with van der Waals surface area (Å²) in [5.41, 5.74) is 2.26. The van der Waals surface area contributed by atoms with Crippen molar-refractivity contribution in [2.75, 3.05) is 5.32 Å². The zero-order valence-electron chi connectivity index (χ0n) is 11.5. The molecule has 1 N–H and O–H groups in total. The average molecular weight is 234 g/mol. The van der Waals surface area contributed by atoms with E-state index in [4.69, 9.17) is 0 Å². The van der Waals surface area contributed by atoms with Gasteiger partial charge < -0.3 is 5.32 Å². The third-order valence-electron chi connectivity index (χ3n) is 3.15. The first-order valence-electron chi connectivity index (χ1n) is 6.92. The molecule has 17 heavy (non-hydrogen) atoms. The van der Waals surface area contributed by atoms with E-state index in [2.05, 4.69) is 37.1 Å². The molecule has 1 heterocycles. The van der Waals surface area contributed by atoms with Crippen molar-refractivity contribution in [1.29, 1.82) is 0 Å². The molecule has 0 radical (unpaired) electrons. The van der Waals surface area contributed by atoms with Gasteiger partial charge in [-0.1, -0.05) is 39.0 Å². The molecule has 0 fully saturated rings. The van der Waals surface area contributed by atoms with Crippen LogP contribution in [-0.4, -0.2) is 11.0 Å². The molecule has 1 rings (SSSR count). The molecule has 0 spiro atoms. The van der Waals surface area contributed by atoms with Gasteiger partial charge in [0.2, 0.25) is 0 Å². The van der Waals surface area contributed by atoms with Crippen LogP contribution in [0, 0.1) is 6.92 Å². The molecule has 0 aliphatic carbocycles. The van der Waals surface area contributed by atoms with Crippen LogP contribution in [0.2, 0.25) is 0 Å². The highest BCUT2D eigenvalue weighted by Crippen LogP contribution is 2.14. The van der Waals surface area contributed by atoms with Crippen LogP contribution in [0.3, 0.4) is 0 Å². The van der Waals surface area contributed by atoms with Gasteiger partial charge in [0.25, 0.3) is 0 Å². The Balaban J connectivity index is 2.21. The molecule has 0 aliphatic rings. The summed E-state index contributed by atoms with van der Waals surface area (Å²) in [6, 6.07) is 4.64. The van der Waals surface area contributed by atoms with E-state index in [9.17, 15) is 0 Å². The minimum Gasteiger partial charge on any atom is -0.381 e. The topological polar surface area (TPSA) is 24.9 Å². The van der Waals surface area contributed by atoms with Crippen LogP contribution in [0.4, 0.5) is 5.69 Å². The van der Waals surface area contributed by atoms with Gasteiger partial charge in [-0.3, -0.25) is 4.98 Å². The second-order valence-corrected chi connectivity index (χ2v) is 4.88. The number of nitrogens with one attached hydrogen (secondary N) is 1. The highest BCUT2D eigenvalue weighted by molar-refractivity contribution is 5.47. The summed E-state index contributed by atoms with van der Waals surface area (Å²) in [7, 11) is 0. The third kappa shape index (κ3) is 5.71. The van der Waals surface area contributed by atoms with Gasteiger partial charge in [-0.05, 0) is 32.4 Å². The summed E-state index contributed by atoms with van der Waals surface area (Å²) in [5, 5.41) is 3.54. The van der Waals surface area contributed by atoms with Crippen molar-refractivity contribution in [2.24, 2.45) is 0 Å². The number of aryl methyl sites for hydroxylation is 1. The first-order chi connectivity index (χ1) is 8.24. The first kappa shape index (κ1) is 14.0. The van der Waals surface area contributed by atoms with Gasteiger partial charge in [-0.25, -0.2) is 0 Å². The number of hydrogen-bond donors (Lipinski definition) is 1. The number of rotatable bonds is 8. The Hall–Kier alpha value is -1.05. The lowest BCUT2D eigenvalue weighted by Gasteiger charge is -2.16. The summed E-state index contributed by atoms with van der Waals surface area (Å²) in [6.45, 7) is 6.57. The van der Waals surface area contributed by atoms with E-state index in [1.54, 1.807) is 0 Å². The molecule has 2 nitrogen and oxygen atoms in total. The number of unbranched alkanes of at least 4 members (excludes halogenated alkanes) is 4. The van der Waals surface area contributed by atoms with Crippen molar-refractivity contribution in [3.8, 4) is 0 Å². The van der Waals surface area contributed by atoms with Gasteiger partial charge in [0.15, 0.2) is 0 Å². The quantitative estimate of drug-likeness (QED) is 0.667. The summed E-state index contributed by atoms with van der Waals surface area (Å²) < 4.78 is 0. The van der Waals surface area contributed by atoms with E-state index < -0.39 is 0 Å². The maximum Gasteiger partial charge on any atom is 0.0603 e. The van der Waals surface area contributed by atoms with Gasteiger partial charge >= 0.3 is 0 Å². The number of pyridine rings is 1. The monoisotopic (exact) mass is 234 g/mol. The maximum absolute atomic E-state index is 4.29. The van der Waals surface area contributed by atoms with E-state index in [0.29, 0.717) is 6.04 Å². The number of hydrogen-bond acceptors (Lipinski definition) is 2. The standard InChI is InChI=1S/C15H26N2/c1-4-5-6-7-8-10-13(2)17-15-11-9-12-16-14(15)3/h9,11-13,17H,4-8,10H2,1-3H3. The molecule has 0 aliphatic heterocycles. The number of nitrogens with zero attached hydrogens (tertiary/aromatic N) is 1.